The van der Waals surface area contributed by atoms with E-state index in [9.17, 15) is 0 Å². The third-order valence-corrected chi connectivity index (χ3v) is 3.16. The van der Waals surface area contributed by atoms with Crippen LogP contribution in [0.3, 0.4) is 0 Å². The summed E-state index contributed by atoms with van der Waals surface area (Å²) in [5.74, 6) is 0. The summed E-state index contributed by atoms with van der Waals surface area (Å²) in [5, 5.41) is 2.80. The molecule has 3 rings (SSSR count). The van der Waals surface area contributed by atoms with Gasteiger partial charge < -0.3 is 0 Å². The first-order valence-corrected chi connectivity index (χ1v) is 6.54. The van der Waals surface area contributed by atoms with Crippen molar-refractivity contribution in [3.8, 4) is 0 Å². The first kappa shape index (κ1) is 11.9. The summed E-state index contributed by atoms with van der Waals surface area (Å²) in [7, 11) is 0. The molecule has 88 valence electrons. The van der Waals surface area contributed by atoms with E-state index in [1.807, 2.05) is 0 Å². The third-order valence-electron chi connectivity index (χ3n) is 3.16. The zero-order chi connectivity index (χ0) is 12.1. The van der Waals surface area contributed by atoms with Gasteiger partial charge in [0.25, 0.3) is 0 Å². The van der Waals surface area contributed by atoms with Crippen LogP contribution in [0.1, 0.15) is 37.8 Å². The molecule has 0 heterocycles. The Labute approximate surface area is 104 Å². The van der Waals surface area contributed by atoms with Crippen molar-refractivity contribution in [3.63, 3.8) is 0 Å². The van der Waals surface area contributed by atoms with Crippen molar-refractivity contribution in [3.05, 3.63) is 53.6 Å². The lowest BCUT2D eigenvalue weighted by Gasteiger charge is -2.11. The molecule has 0 saturated carbocycles. The zero-order valence-corrected chi connectivity index (χ0v) is 10.7. The highest BCUT2D eigenvalue weighted by atomic mass is 14.1. The van der Waals surface area contributed by atoms with Crippen LogP contribution in [0.15, 0.2) is 42.5 Å². The molecule has 0 nitrogen and oxygen atoms in total. The van der Waals surface area contributed by atoms with E-state index < -0.39 is 0 Å². The molecule has 0 radical (unpaired) electrons. The molecule has 1 aliphatic carbocycles. The number of rotatable bonds is 1. The number of benzene rings is 2. The quantitative estimate of drug-likeness (QED) is 0.623. The molecule has 0 unspecified atom stereocenters. The molecule has 0 atom stereocenters. The van der Waals surface area contributed by atoms with E-state index in [1.54, 1.807) is 0 Å². The summed E-state index contributed by atoms with van der Waals surface area (Å²) >= 11 is 0. The maximum atomic E-state index is 2.23. The minimum Gasteiger partial charge on any atom is -0.0795 e. The highest BCUT2D eigenvalue weighted by Gasteiger charge is 2.06. The summed E-state index contributed by atoms with van der Waals surface area (Å²) in [4.78, 5) is 0. The van der Waals surface area contributed by atoms with Gasteiger partial charge in [-0.25, -0.2) is 0 Å². The summed E-state index contributed by atoms with van der Waals surface area (Å²) < 4.78 is 0. The second-order valence-corrected chi connectivity index (χ2v) is 4.47. The Kier molecular flexibility index (Phi) is 3.98. The Bertz CT molecular complexity index is 513. The largest absolute Gasteiger partial charge is 0.0795 e. The first-order chi connectivity index (χ1) is 8.36. The van der Waals surface area contributed by atoms with Gasteiger partial charge in [-0.15, -0.1) is 0 Å². The van der Waals surface area contributed by atoms with Gasteiger partial charge in [-0.2, -0.15) is 0 Å². The van der Waals surface area contributed by atoms with E-state index >= 15 is 0 Å². The molecule has 0 amide bonds. The first-order valence-electron chi connectivity index (χ1n) is 6.54. The number of hydrogen-bond donors (Lipinski definition) is 0. The third kappa shape index (κ3) is 2.58. The van der Waals surface area contributed by atoms with Crippen molar-refractivity contribution in [1.29, 1.82) is 0 Å². The molecule has 0 bridgehead atoms. The van der Waals surface area contributed by atoms with Crippen molar-refractivity contribution in [2.24, 2.45) is 0 Å². The van der Waals surface area contributed by atoms with E-state index in [4.69, 9.17) is 0 Å². The van der Waals surface area contributed by atoms with E-state index in [0.29, 0.717) is 0 Å². The fourth-order valence-corrected chi connectivity index (χ4v) is 2.07. The van der Waals surface area contributed by atoms with E-state index in [2.05, 4.69) is 62.4 Å². The fraction of sp³-hybridized carbons (Fsp3) is 0.294. The van der Waals surface area contributed by atoms with Crippen LogP contribution in [0, 0.1) is 0 Å². The van der Waals surface area contributed by atoms with Crippen molar-refractivity contribution in [2.45, 2.75) is 33.1 Å². The molecule has 2 aromatic rings. The smallest absolute Gasteiger partial charge is 0.00763 e. The summed E-state index contributed by atoms with van der Waals surface area (Å²) in [6.45, 7) is 4.36. The van der Waals surface area contributed by atoms with Gasteiger partial charge in [0.1, 0.15) is 0 Å². The van der Waals surface area contributed by atoms with Crippen molar-refractivity contribution in [2.75, 3.05) is 0 Å². The molecule has 1 aliphatic rings. The molecule has 0 aliphatic heterocycles. The normalized spacial score (nSPS) is 12.1. The predicted octanol–water partition coefficient (Wildman–Crippen LogP) is 5.22. The maximum absolute atomic E-state index is 2.23. The maximum Gasteiger partial charge on any atom is -0.00763 e. The molecule has 0 N–H and O–H groups in total. The average Bonchev–Trinajstić information content (AvgIpc) is 2.40. The molecule has 0 aromatic heterocycles. The molecular weight excluding hydrogens is 204 g/mol. The Balaban J connectivity index is 0.000000239. The van der Waals surface area contributed by atoms with E-state index in [0.717, 1.165) is 6.42 Å². The lowest BCUT2D eigenvalue weighted by Crippen LogP contribution is -1.91. The minimum absolute atomic E-state index is 1.08. The Morgan fingerprint density at radius 2 is 1.65 bits per heavy atom. The second-order valence-electron chi connectivity index (χ2n) is 4.47. The van der Waals surface area contributed by atoms with Crippen molar-refractivity contribution < 1.29 is 0 Å². The fourth-order valence-electron chi connectivity index (χ4n) is 2.07. The molecule has 0 spiro atoms. The van der Waals surface area contributed by atoms with Gasteiger partial charge in [-0.1, -0.05) is 75.2 Å². The Hall–Kier alpha value is -1.56. The molecule has 2 aromatic carbocycles. The monoisotopic (exact) mass is 224 g/mol. The van der Waals surface area contributed by atoms with Crippen LogP contribution in [0.25, 0.3) is 16.8 Å². The van der Waals surface area contributed by atoms with Gasteiger partial charge in [0.2, 0.25) is 0 Å². The van der Waals surface area contributed by atoms with Crippen LogP contribution in [0.4, 0.5) is 0 Å². The van der Waals surface area contributed by atoms with Crippen LogP contribution in [0.5, 0.6) is 0 Å². The Morgan fingerprint density at radius 3 is 2.35 bits per heavy atom. The lowest BCUT2D eigenvalue weighted by molar-refractivity contribution is 0.886. The van der Waals surface area contributed by atoms with Crippen molar-refractivity contribution in [1.82, 2.24) is 0 Å². The molecule has 0 heteroatoms. The predicted molar refractivity (Wildman–Crippen MR) is 77.3 cm³/mol. The van der Waals surface area contributed by atoms with Gasteiger partial charge in [0.15, 0.2) is 0 Å². The van der Waals surface area contributed by atoms with Crippen molar-refractivity contribution >= 4 is 16.8 Å². The summed E-state index contributed by atoms with van der Waals surface area (Å²) in [6, 6.07) is 13.0. The van der Waals surface area contributed by atoms with Crippen LogP contribution in [-0.4, -0.2) is 0 Å². The SMILES string of the molecule is C1=Cc2cccc3cccc(c23)C1.CCCC. The van der Waals surface area contributed by atoms with Gasteiger partial charge in [-0.05, 0) is 28.3 Å². The highest BCUT2D eigenvalue weighted by molar-refractivity contribution is 5.94. The molecular formula is C17H20. The van der Waals surface area contributed by atoms with E-state index in [-0.39, 0.29) is 0 Å². The topological polar surface area (TPSA) is 0 Å². The number of hydrogen-bond acceptors (Lipinski definition) is 0. The standard InChI is InChI=1S/C13H10.C4H10/c1-4-10-6-2-8-12-9-3-7-11(5-1)13(10)12;1-3-4-2/h1-8H,9H2;3-4H2,1-2H3. The zero-order valence-electron chi connectivity index (χ0n) is 10.7. The van der Waals surface area contributed by atoms with Crippen LogP contribution in [0.2, 0.25) is 0 Å². The second kappa shape index (κ2) is 5.67. The van der Waals surface area contributed by atoms with Gasteiger partial charge >= 0.3 is 0 Å². The van der Waals surface area contributed by atoms with Crippen LogP contribution >= 0.6 is 0 Å². The number of unbranched alkanes of at least 4 members (excludes halogenated alkanes) is 1. The van der Waals surface area contributed by atoms with Gasteiger partial charge in [0, 0.05) is 0 Å². The molecule has 17 heavy (non-hydrogen) atoms. The van der Waals surface area contributed by atoms with Gasteiger partial charge in [-0.3, -0.25) is 0 Å². The average molecular weight is 224 g/mol. The Morgan fingerprint density at radius 1 is 0.941 bits per heavy atom. The van der Waals surface area contributed by atoms with Crippen LogP contribution < -0.4 is 0 Å². The highest BCUT2D eigenvalue weighted by Crippen LogP contribution is 2.27. The molecule has 0 fully saturated rings. The molecule has 0 saturated heterocycles. The van der Waals surface area contributed by atoms with Crippen LogP contribution in [-0.2, 0) is 6.42 Å². The summed E-state index contributed by atoms with van der Waals surface area (Å²) in [5.41, 5.74) is 2.81. The number of allylic oxidation sites excluding steroid dienone is 1. The van der Waals surface area contributed by atoms with E-state index in [1.165, 1.54) is 34.7 Å². The van der Waals surface area contributed by atoms with Gasteiger partial charge in [0.05, 0.1) is 0 Å². The summed E-state index contributed by atoms with van der Waals surface area (Å²) in [6.07, 6.45) is 8.17. The minimum atomic E-state index is 1.08. The lowest BCUT2D eigenvalue weighted by atomic mass is 9.93.